The molecule has 1 aromatic carbocycles. The lowest BCUT2D eigenvalue weighted by Gasteiger charge is -2.54. The molecule has 4 bridgehead atoms. The van der Waals surface area contributed by atoms with E-state index in [9.17, 15) is 4.79 Å². The fourth-order valence-corrected chi connectivity index (χ4v) is 6.57. The van der Waals surface area contributed by atoms with Crippen LogP contribution < -0.4 is 0 Å². The molecule has 1 aromatic rings. The molecule has 0 spiro atoms. The van der Waals surface area contributed by atoms with E-state index in [4.69, 9.17) is 0 Å². The predicted octanol–water partition coefficient (Wildman–Crippen LogP) is 4.42. The summed E-state index contributed by atoms with van der Waals surface area (Å²) in [6.45, 7) is 0.973. The number of amides is 1. The summed E-state index contributed by atoms with van der Waals surface area (Å²) in [5.41, 5.74) is 1.34. The molecular formula is C21H27NO. The van der Waals surface area contributed by atoms with Gasteiger partial charge in [-0.15, -0.1) is 0 Å². The largest absolute Gasteiger partial charge is 0.335 e. The first-order valence-electron chi connectivity index (χ1n) is 9.65. The lowest BCUT2D eigenvalue weighted by atomic mass is 9.51. The highest BCUT2D eigenvalue weighted by molar-refractivity contribution is 5.80. The Morgan fingerprint density at radius 2 is 1.57 bits per heavy atom. The Labute approximate surface area is 139 Å². The first-order chi connectivity index (χ1) is 11.3. The Kier molecular flexibility index (Phi) is 3.28. The number of rotatable bonds is 2. The summed E-state index contributed by atoms with van der Waals surface area (Å²) in [7, 11) is 0. The van der Waals surface area contributed by atoms with Gasteiger partial charge in [-0.05, 0) is 74.2 Å². The van der Waals surface area contributed by atoms with Gasteiger partial charge >= 0.3 is 0 Å². The van der Waals surface area contributed by atoms with Crippen molar-refractivity contribution in [3.63, 3.8) is 0 Å². The van der Waals surface area contributed by atoms with Crippen LogP contribution in [0.3, 0.4) is 0 Å². The number of hydrogen-bond donors (Lipinski definition) is 0. The van der Waals surface area contributed by atoms with Gasteiger partial charge in [-0.3, -0.25) is 4.79 Å². The molecule has 0 aromatic heterocycles. The molecule has 2 heteroatoms. The van der Waals surface area contributed by atoms with E-state index in [1.165, 1.54) is 44.1 Å². The molecule has 4 saturated carbocycles. The Hall–Kier alpha value is -1.31. The molecule has 5 fully saturated rings. The van der Waals surface area contributed by atoms with Crippen LogP contribution in [-0.2, 0) is 4.79 Å². The van der Waals surface area contributed by atoms with E-state index >= 15 is 0 Å². The fourth-order valence-electron chi connectivity index (χ4n) is 6.57. The molecule has 0 N–H and O–H groups in total. The van der Waals surface area contributed by atoms with Crippen molar-refractivity contribution in [1.82, 2.24) is 4.90 Å². The minimum absolute atomic E-state index is 0.334. The van der Waals surface area contributed by atoms with Gasteiger partial charge < -0.3 is 4.90 Å². The fraction of sp³-hybridized carbons (Fsp3) is 0.667. The molecule has 6 rings (SSSR count). The molecule has 122 valence electrons. The summed E-state index contributed by atoms with van der Waals surface area (Å²) in [5, 5.41) is 0. The zero-order valence-electron chi connectivity index (χ0n) is 13.9. The number of carbonyl (C=O) groups excluding carboxylic acids is 1. The van der Waals surface area contributed by atoms with Gasteiger partial charge in [0.05, 0.1) is 6.04 Å². The van der Waals surface area contributed by atoms with Crippen molar-refractivity contribution in [2.24, 2.45) is 29.6 Å². The number of nitrogens with zero attached hydrogens (tertiary/aromatic N) is 1. The van der Waals surface area contributed by atoms with Gasteiger partial charge in [0, 0.05) is 12.5 Å². The van der Waals surface area contributed by atoms with Gasteiger partial charge in [0.15, 0.2) is 0 Å². The first kappa shape index (κ1) is 14.1. The van der Waals surface area contributed by atoms with Crippen LogP contribution in [-0.4, -0.2) is 17.4 Å². The van der Waals surface area contributed by atoms with Crippen LogP contribution in [0, 0.1) is 29.6 Å². The second-order valence-electron chi connectivity index (χ2n) is 8.56. The number of likely N-dealkylation sites (tertiary alicyclic amines) is 1. The van der Waals surface area contributed by atoms with E-state index in [0.29, 0.717) is 29.7 Å². The molecule has 1 aliphatic heterocycles. The predicted molar refractivity (Wildman–Crippen MR) is 90.7 cm³/mol. The topological polar surface area (TPSA) is 20.3 Å². The molecule has 23 heavy (non-hydrogen) atoms. The molecule has 5 aliphatic rings. The van der Waals surface area contributed by atoms with Crippen molar-refractivity contribution >= 4 is 5.91 Å². The third-order valence-corrected chi connectivity index (χ3v) is 7.23. The minimum atomic E-state index is 0.334. The number of benzene rings is 1. The maximum Gasteiger partial charge on any atom is 0.226 e. The van der Waals surface area contributed by atoms with Gasteiger partial charge in [-0.2, -0.15) is 0 Å². The van der Waals surface area contributed by atoms with Crippen LogP contribution >= 0.6 is 0 Å². The Balaban J connectivity index is 1.40. The highest BCUT2D eigenvalue weighted by Gasteiger charge is 2.52. The quantitative estimate of drug-likeness (QED) is 0.792. The highest BCUT2D eigenvalue weighted by atomic mass is 16.2. The second-order valence-corrected chi connectivity index (χ2v) is 8.56. The van der Waals surface area contributed by atoms with Crippen LogP contribution in [0.1, 0.15) is 56.6 Å². The average Bonchev–Trinajstić information content (AvgIpc) is 3.04. The summed E-state index contributed by atoms with van der Waals surface area (Å²) in [5.74, 6) is 4.17. The van der Waals surface area contributed by atoms with Crippen molar-refractivity contribution < 1.29 is 4.79 Å². The highest BCUT2D eigenvalue weighted by Crippen LogP contribution is 2.57. The van der Waals surface area contributed by atoms with Crippen molar-refractivity contribution in [1.29, 1.82) is 0 Å². The van der Waals surface area contributed by atoms with Crippen LogP contribution in [0.5, 0.6) is 0 Å². The summed E-state index contributed by atoms with van der Waals surface area (Å²) in [4.78, 5) is 15.7. The Bertz CT molecular complexity index is 567. The summed E-state index contributed by atoms with van der Waals surface area (Å²) in [6.07, 6.45) is 9.13. The van der Waals surface area contributed by atoms with Crippen molar-refractivity contribution in [2.75, 3.05) is 6.54 Å². The Morgan fingerprint density at radius 3 is 2.22 bits per heavy atom. The van der Waals surface area contributed by atoms with Crippen LogP contribution in [0.25, 0.3) is 0 Å². The Morgan fingerprint density at radius 1 is 0.913 bits per heavy atom. The summed E-state index contributed by atoms with van der Waals surface area (Å²) >= 11 is 0. The summed E-state index contributed by atoms with van der Waals surface area (Å²) in [6, 6.07) is 11.0. The van der Waals surface area contributed by atoms with Crippen LogP contribution in [0.4, 0.5) is 0 Å². The lowest BCUT2D eigenvalue weighted by molar-refractivity contribution is -0.150. The van der Waals surface area contributed by atoms with Crippen LogP contribution in [0.2, 0.25) is 0 Å². The lowest BCUT2D eigenvalue weighted by Crippen LogP contribution is -2.51. The van der Waals surface area contributed by atoms with Gasteiger partial charge in [0.1, 0.15) is 0 Å². The monoisotopic (exact) mass is 309 g/mol. The minimum Gasteiger partial charge on any atom is -0.335 e. The van der Waals surface area contributed by atoms with Gasteiger partial charge in [-0.1, -0.05) is 30.3 Å². The zero-order valence-corrected chi connectivity index (χ0v) is 13.9. The first-order valence-corrected chi connectivity index (χ1v) is 9.65. The SMILES string of the molecule is O=C(C1C2CC3CC(C2)CC1C3)N1CCCC1c1ccccc1. The number of carbonyl (C=O) groups is 1. The van der Waals surface area contributed by atoms with Gasteiger partial charge in [0.2, 0.25) is 5.91 Å². The maximum atomic E-state index is 13.4. The molecule has 0 radical (unpaired) electrons. The molecular weight excluding hydrogens is 282 g/mol. The van der Waals surface area contributed by atoms with E-state index in [2.05, 4.69) is 35.2 Å². The van der Waals surface area contributed by atoms with E-state index in [1.807, 2.05) is 0 Å². The maximum absolute atomic E-state index is 13.4. The van der Waals surface area contributed by atoms with E-state index in [1.54, 1.807) is 0 Å². The third-order valence-electron chi connectivity index (χ3n) is 7.23. The van der Waals surface area contributed by atoms with Gasteiger partial charge in [0.25, 0.3) is 0 Å². The molecule has 4 aliphatic carbocycles. The smallest absolute Gasteiger partial charge is 0.226 e. The zero-order chi connectivity index (χ0) is 15.4. The molecule has 1 saturated heterocycles. The number of hydrogen-bond acceptors (Lipinski definition) is 1. The average molecular weight is 309 g/mol. The molecule has 1 atom stereocenters. The molecule has 1 heterocycles. The van der Waals surface area contributed by atoms with Crippen molar-refractivity contribution in [2.45, 2.75) is 51.0 Å². The van der Waals surface area contributed by atoms with Crippen molar-refractivity contribution in [3.8, 4) is 0 Å². The van der Waals surface area contributed by atoms with Crippen molar-refractivity contribution in [3.05, 3.63) is 35.9 Å². The molecule has 1 amide bonds. The molecule has 2 nitrogen and oxygen atoms in total. The van der Waals surface area contributed by atoms with E-state index in [-0.39, 0.29) is 0 Å². The van der Waals surface area contributed by atoms with E-state index in [0.717, 1.165) is 24.8 Å². The summed E-state index contributed by atoms with van der Waals surface area (Å²) < 4.78 is 0. The van der Waals surface area contributed by atoms with E-state index < -0.39 is 0 Å². The third kappa shape index (κ3) is 2.25. The second kappa shape index (κ2) is 5.36. The van der Waals surface area contributed by atoms with Crippen LogP contribution in [0.15, 0.2) is 30.3 Å². The molecule has 1 unspecified atom stereocenters. The normalized spacial score (nSPS) is 41.5. The standard InChI is InChI=1S/C21H27NO/c23-21(20-17-10-14-9-15(12-17)13-18(20)11-14)22-8-4-7-19(22)16-5-2-1-3-6-16/h1-3,5-6,14-15,17-20H,4,7-13H2. The van der Waals surface area contributed by atoms with Gasteiger partial charge in [-0.25, -0.2) is 0 Å².